The van der Waals surface area contributed by atoms with Gasteiger partial charge in [-0.3, -0.25) is 4.79 Å². The van der Waals surface area contributed by atoms with Gasteiger partial charge >= 0.3 is 5.97 Å². The molecule has 5 nitrogen and oxygen atoms in total. The highest BCUT2D eigenvalue weighted by atomic mass is 16.4. The van der Waals surface area contributed by atoms with E-state index in [0.717, 1.165) is 8.97 Å². The predicted molar refractivity (Wildman–Crippen MR) is 94.7 cm³/mol. The van der Waals surface area contributed by atoms with E-state index in [0.29, 0.717) is 0 Å². The summed E-state index contributed by atoms with van der Waals surface area (Å²) < 4.78 is 2.21. The van der Waals surface area contributed by atoms with Gasteiger partial charge in [0, 0.05) is 0 Å². The first-order chi connectivity index (χ1) is 9.76. The zero-order valence-corrected chi connectivity index (χ0v) is 16.2. The molecular weight excluding hydrogens is 278 g/mol. The lowest BCUT2D eigenvalue weighted by Gasteiger charge is -2.25. The van der Waals surface area contributed by atoms with Crippen LogP contribution in [0.4, 0.5) is 0 Å². The van der Waals surface area contributed by atoms with Crippen molar-refractivity contribution in [2.24, 2.45) is 11.7 Å². The third-order valence-electron chi connectivity index (χ3n) is 3.41. The molecule has 0 aromatic carbocycles. The van der Waals surface area contributed by atoms with Gasteiger partial charge < -0.3 is 19.8 Å². The summed E-state index contributed by atoms with van der Waals surface area (Å²) in [6.45, 7) is 6.17. The van der Waals surface area contributed by atoms with E-state index in [9.17, 15) is 4.79 Å². The van der Waals surface area contributed by atoms with E-state index in [4.69, 9.17) is 10.8 Å². The highest BCUT2D eigenvalue weighted by Gasteiger charge is 2.14. The zero-order valence-electron chi connectivity index (χ0n) is 16.2. The highest BCUT2D eigenvalue weighted by molar-refractivity contribution is 5.73. The normalized spacial score (nSPS) is 13.5. The first kappa shape index (κ1) is 23.6. The number of nitrogens with two attached hydrogens (primary N) is 1. The van der Waals surface area contributed by atoms with E-state index in [1.807, 2.05) is 0 Å². The summed E-state index contributed by atoms with van der Waals surface area (Å²) in [6, 6.07) is -0.713. The fourth-order valence-corrected chi connectivity index (χ4v) is 1.81. The Kier molecular flexibility index (Phi) is 11.8. The topological polar surface area (TPSA) is 63.3 Å². The number of aliphatic carboxylic acids is 1. The minimum absolute atomic E-state index is 0.0208. The van der Waals surface area contributed by atoms with Crippen molar-refractivity contribution in [1.82, 2.24) is 0 Å². The van der Waals surface area contributed by atoms with Crippen LogP contribution in [0.3, 0.4) is 0 Å². The quantitative estimate of drug-likeness (QED) is 0.505. The molecule has 0 aliphatic heterocycles. The van der Waals surface area contributed by atoms with Gasteiger partial charge in [-0.15, -0.1) is 0 Å². The van der Waals surface area contributed by atoms with E-state index in [1.54, 1.807) is 13.8 Å². The lowest BCUT2D eigenvalue weighted by atomic mass is 10.1. The average molecular weight is 320 g/mol. The molecule has 22 heavy (non-hydrogen) atoms. The SMILES string of the molecule is CC(C)[C@H](N)C(=O)O.C[N+](C)(C)CCCCCC[N+](C)(C)C. The van der Waals surface area contributed by atoms with Crippen molar-refractivity contribution in [3.05, 3.63) is 0 Å². The Hall–Kier alpha value is -0.650. The van der Waals surface area contributed by atoms with Gasteiger partial charge in [0.25, 0.3) is 0 Å². The molecule has 0 aromatic rings. The molecule has 0 aromatic heterocycles. The molecule has 3 N–H and O–H groups in total. The third kappa shape index (κ3) is 19.4. The van der Waals surface area contributed by atoms with Crippen LogP contribution in [0.2, 0.25) is 0 Å². The van der Waals surface area contributed by atoms with Gasteiger partial charge in [0.05, 0.1) is 55.4 Å². The van der Waals surface area contributed by atoms with Crippen LogP contribution in [-0.4, -0.2) is 81.5 Å². The van der Waals surface area contributed by atoms with Crippen molar-refractivity contribution in [1.29, 1.82) is 0 Å². The number of hydrogen-bond acceptors (Lipinski definition) is 2. The molecule has 0 bridgehead atoms. The molecule has 0 aliphatic rings. The van der Waals surface area contributed by atoms with Crippen LogP contribution in [-0.2, 0) is 4.79 Å². The molecule has 0 rings (SSSR count). The van der Waals surface area contributed by atoms with Gasteiger partial charge in [-0.05, 0) is 31.6 Å². The molecule has 0 radical (unpaired) electrons. The Morgan fingerprint density at radius 1 is 0.864 bits per heavy atom. The smallest absolute Gasteiger partial charge is 0.320 e. The van der Waals surface area contributed by atoms with E-state index in [-0.39, 0.29) is 5.92 Å². The molecule has 134 valence electrons. The van der Waals surface area contributed by atoms with Gasteiger partial charge in [-0.25, -0.2) is 0 Å². The standard InChI is InChI=1S/C12H30N2.C5H11NO2/c1-13(2,3)11-9-7-8-10-12-14(4,5)6;1-3(2)4(6)5(7)8/h7-12H2,1-6H3;3-4H,6H2,1-2H3,(H,7,8)/q+2;/t;4-/m.0/s1. The van der Waals surface area contributed by atoms with Crippen LogP contribution >= 0.6 is 0 Å². The summed E-state index contributed by atoms with van der Waals surface area (Å²) in [5, 5.41) is 8.23. The number of unbranched alkanes of at least 4 members (excludes halogenated alkanes) is 3. The molecule has 0 spiro atoms. The number of hydrogen-bond donors (Lipinski definition) is 2. The lowest BCUT2D eigenvalue weighted by Crippen LogP contribution is -2.35. The fourth-order valence-electron chi connectivity index (χ4n) is 1.81. The molecule has 0 aliphatic carbocycles. The second kappa shape index (κ2) is 11.0. The second-order valence-electron chi connectivity index (χ2n) is 8.55. The molecule has 0 heterocycles. The Labute approximate surface area is 138 Å². The molecule has 5 heteroatoms. The van der Waals surface area contributed by atoms with Crippen LogP contribution in [0.5, 0.6) is 0 Å². The Balaban J connectivity index is 0. The van der Waals surface area contributed by atoms with Crippen LogP contribution in [0.1, 0.15) is 39.5 Å². The Morgan fingerprint density at radius 3 is 1.32 bits per heavy atom. The van der Waals surface area contributed by atoms with Crippen LogP contribution in [0, 0.1) is 5.92 Å². The van der Waals surface area contributed by atoms with E-state index in [1.165, 1.54) is 38.8 Å². The van der Waals surface area contributed by atoms with Crippen molar-refractivity contribution in [3.63, 3.8) is 0 Å². The van der Waals surface area contributed by atoms with Crippen molar-refractivity contribution in [2.75, 3.05) is 55.4 Å². The third-order valence-corrected chi connectivity index (χ3v) is 3.41. The first-order valence-electron chi connectivity index (χ1n) is 8.35. The van der Waals surface area contributed by atoms with Crippen LogP contribution < -0.4 is 5.73 Å². The lowest BCUT2D eigenvalue weighted by molar-refractivity contribution is -0.871. The molecule has 0 unspecified atom stereocenters. The zero-order chi connectivity index (χ0) is 18.0. The summed E-state index contributed by atoms with van der Waals surface area (Å²) in [5.74, 6) is -0.910. The maximum atomic E-state index is 10.0. The van der Waals surface area contributed by atoms with E-state index < -0.39 is 12.0 Å². The minimum Gasteiger partial charge on any atom is -0.480 e. The number of carboxylic acids is 1. The summed E-state index contributed by atoms with van der Waals surface area (Å²) >= 11 is 0. The number of carboxylic acid groups (broad SMARTS) is 1. The van der Waals surface area contributed by atoms with Gasteiger partial charge in [-0.1, -0.05) is 13.8 Å². The number of carbonyl (C=O) groups is 1. The molecule has 0 saturated carbocycles. The highest BCUT2D eigenvalue weighted by Crippen LogP contribution is 2.05. The predicted octanol–water partition coefficient (Wildman–Crippen LogP) is 2.01. The van der Waals surface area contributed by atoms with Crippen LogP contribution in [0.15, 0.2) is 0 Å². The largest absolute Gasteiger partial charge is 0.480 e. The Morgan fingerprint density at radius 2 is 1.18 bits per heavy atom. The summed E-state index contributed by atoms with van der Waals surface area (Å²) in [7, 11) is 13.6. The molecule has 0 fully saturated rings. The Bertz CT molecular complexity index is 273. The van der Waals surface area contributed by atoms with Gasteiger partial charge in [0.15, 0.2) is 0 Å². The summed E-state index contributed by atoms with van der Waals surface area (Å²) in [5.41, 5.74) is 5.16. The fraction of sp³-hybridized carbons (Fsp3) is 0.941. The molecule has 0 saturated heterocycles. The van der Waals surface area contributed by atoms with Crippen molar-refractivity contribution in [2.45, 2.75) is 45.6 Å². The number of quaternary nitrogens is 2. The maximum Gasteiger partial charge on any atom is 0.320 e. The van der Waals surface area contributed by atoms with Gasteiger partial charge in [0.2, 0.25) is 0 Å². The summed E-state index contributed by atoms with van der Waals surface area (Å²) in [4.78, 5) is 10.0. The molecule has 1 atom stereocenters. The van der Waals surface area contributed by atoms with E-state index in [2.05, 4.69) is 42.3 Å². The van der Waals surface area contributed by atoms with E-state index >= 15 is 0 Å². The van der Waals surface area contributed by atoms with Crippen LogP contribution in [0.25, 0.3) is 0 Å². The van der Waals surface area contributed by atoms with Gasteiger partial charge in [-0.2, -0.15) is 0 Å². The number of rotatable bonds is 9. The van der Waals surface area contributed by atoms with Crippen molar-refractivity contribution >= 4 is 5.97 Å². The monoisotopic (exact) mass is 319 g/mol. The summed E-state index contributed by atoms with van der Waals surface area (Å²) in [6.07, 6.45) is 5.55. The number of nitrogens with zero attached hydrogens (tertiary/aromatic N) is 2. The van der Waals surface area contributed by atoms with Crippen molar-refractivity contribution < 1.29 is 18.9 Å². The first-order valence-corrected chi connectivity index (χ1v) is 8.35. The minimum atomic E-state index is -0.931. The average Bonchev–Trinajstić information content (AvgIpc) is 2.30. The maximum absolute atomic E-state index is 10.0. The van der Waals surface area contributed by atoms with Crippen molar-refractivity contribution in [3.8, 4) is 0 Å². The molecular formula is C17H41N3O2+2. The molecule has 0 amide bonds. The second-order valence-corrected chi connectivity index (χ2v) is 8.55. The van der Waals surface area contributed by atoms with Gasteiger partial charge in [0.1, 0.15) is 6.04 Å².